The van der Waals surface area contributed by atoms with Crippen LogP contribution in [0.5, 0.6) is 0 Å². The SMILES string of the molecule is C1CC2C3CC(NCCCN4CCCC4)C(C3)C2C1. The maximum absolute atomic E-state index is 3.92. The van der Waals surface area contributed by atoms with Crippen LogP contribution in [0, 0.1) is 23.7 Å². The van der Waals surface area contributed by atoms with Crippen LogP contribution in [0.2, 0.25) is 0 Å². The van der Waals surface area contributed by atoms with Crippen molar-refractivity contribution >= 4 is 0 Å². The van der Waals surface area contributed by atoms with Crippen molar-refractivity contribution in [1.29, 1.82) is 0 Å². The highest BCUT2D eigenvalue weighted by Gasteiger charge is 2.53. The van der Waals surface area contributed by atoms with E-state index in [9.17, 15) is 0 Å². The summed E-state index contributed by atoms with van der Waals surface area (Å²) in [4.78, 5) is 2.65. The Bertz CT molecular complexity index is 310. The Hall–Kier alpha value is -0.0800. The maximum Gasteiger partial charge on any atom is 0.0101 e. The van der Waals surface area contributed by atoms with Crippen molar-refractivity contribution in [2.75, 3.05) is 26.2 Å². The molecule has 108 valence electrons. The Morgan fingerprint density at radius 2 is 1.74 bits per heavy atom. The largest absolute Gasteiger partial charge is 0.314 e. The lowest BCUT2D eigenvalue weighted by atomic mass is 9.79. The summed E-state index contributed by atoms with van der Waals surface area (Å²) in [6.45, 7) is 5.32. The van der Waals surface area contributed by atoms with Gasteiger partial charge < -0.3 is 10.2 Å². The molecule has 2 nitrogen and oxygen atoms in total. The van der Waals surface area contributed by atoms with E-state index in [2.05, 4.69) is 10.2 Å². The average molecular weight is 262 g/mol. The zero-order valence-corrected chi connectivity index (χ0v) is 12.3. The van der Waals surface area contributed by atoms with E-state index in [1.54, 1.807) is 19.3 Å². The van der Waals surface area contributed by atoms with Crippen LogP contribution in [0.25, 0.3) is 0 Å². The molecular weight excluding hydrogens is 232 g/mol. The third-order valence-corrected chi connectivity index (χ3v) is 6.69. The lowest BCUT2D eigenvalue weighted by Gasteiger charge is -2.32. The van der Waals surface area contributed by atoms with E-state index < -0.39 is 0 Å². The van der Waals surface area contributed by atoms with Crippen molar-refractivity contribution < 1.29 is 0 Å². The van der Waals surface area contributed by atoms with Crippen molar-refractivity contribution in [3.63, 3.8) is 0 Å². The van der Waals surface area contributed by atoms with Gasteiger partial charge in [-0.05, 0) is 94.8 Å². The summed E-state index contributed by atoms with van der Waals surface area (Å²) in [5.41, 5.74) is 0. The molecule has 2 heteroatoms. The number of nitrogens with zero attached hydrogens (tertiary/aromatic N) is 1. The average Bonchev–Trinajstić information content (AvgIpc) is 3.14. The van der Waals surface area contributed by atoms with E-state index in [1.807, 2.05) is 0 Å². The molecular formula is C17H30N2. The molecule has 3 aliphatic carbocycles. The number of hydrogen-bond acceptors (Lipinski definition) is 2. The van der Waals surface area contributed by atoms with Gasteiger partial charge in [0.05, 0.1) is 0 Å². The first-order valence-corrected chi connectivity index (χ1v) is 8.87. The minimum absolute atomic E-state index is 0.892. The van der Waals surface area contributed by atoms with Gasteiger partial charge in [-0.25, -0.2) is 0 Å². The molecule has 0 radical (unpaired) electrons. The summed E-state index contributed by atoms with van der Waals surface area (Å²) >= 11 is 0. The van der Waals surface area contributed by atoms with E-state index in [0.717, 1.165) is 29.7 Å². The molecule has 4 rings (SSSR count). The normalized spacial score (nSPS) is 45.2. The van der Waals surface area contributed by atoms with Crippen molar-refractivity contribution in [3.8, 4) is 0 Å². The molecule has 2 bridgehead atoms. The number of fused-ring (bicyclic) bond motifs is 5. The first kappa shape index (κ1) is 12.6. The van der Waals surface area contributed by atoms with Crippen LogP contribution in [-0.2, 0) is 0 Å². The van der Waals surface area contributed by atoms with Crippen LogP contribution in [0.15, 0.2) is 0 Å². The van der Waals surface area contributed by atoms with Gasteiger partial charge in [0.1, 0.15) is 0 Å². The van der Waals surface area contributed by atoms with Gasteiger partial charge in [0.2, 0.25) is 0 Å². The predicted octanol–water partition coefficient (Wildman–Crippen LogP) is 2.89. The summed E-state index contributed by atoms with van der Waals surface area (Å²) in [5, 5.41) is 3.92. The fourth-order valence-corrected chi connectivity index (χ4v) is 5.90. The molecule has 0 aromatic heterocycles. The first-order chi connectivity index (χ1) is 9.42. The van der Waals surface area contributed by atoms with E-state index in [4.69, 9.17) is 0 Å². The Kier molecular flexibility index (Phi) is 3.57. The molecule has 0 amide bonds. The van der Waals surface area contributed by atoms with Crippen LogP contribution < -0.4 is 5.32 Å². The van der Waals surface area contributed by atoms with Crippen LogP contribution >= 0.6 is 0 Å². The summed E-state index contributed by atoms with van der Waals surface area (Å²) in [6.07, 6.45) is 12.0. The molecule has 4 aliphatic rings. The molecule has 3 saturated carbocycles. The third kappa shape index (κ3) is 2.35. The van der Waals surface area contributed by atoms with Gasteiger partial charge >= 0.3 is 0 Å². The molecule has 0 spiro atoms. The smallest absolute Gasteiger partial charge is 0.0101 e. The zero-order valence-electron chi connectivity index (χ0n) is 12.3. The molecule has 0 aromatic rings. The molecule has 4 fully saturated rings. The summed E-state index contributed by atoms with van der Waals surface area (Å²) < 4.78 is 0. The van der Waals surface area contributed by atoms with Gasteiger partial charge in [-0.15, -0.1) is 0 Å². The maximum atomic E-state index is 3.92. The third-order valence-electron chi connectivity index (χ3n) is 6.69. The highest BCUT2D eigenvalue weighted by atomic mass is 15.1. The molecule has 1 saturated heterocycles. The van der Waals surface area contributed by atoms with Gasteiger partial charge in [0.15, 0.2) is 0 Å². The van der Waals surface area contributed by atoms with E-state index in [-0.39, 0.29) is 0 Å². The molecule has 1 N–H and O–H groups in total. The number of likely N-dealkylation sites (tertiary alicyclic amines) is 1. The second-order valence-electron chi connectivity index (χ2n) is 7.62. The molecule has 1 heterocycles. The van der Waals surface area contributed by atoms with Crippen molar-refractivity contribution in [2.45, 2.75) is 57.4 Å². The predicted molar refractivity (Wildman–Crippen MR) is 79.1 cm³/mol. The van der Waals surface area contributed by atoms with Crippen LogP contribution in [0.4, 0.5) is 0 Å². The highest BCUT2D eigenvalue weighted by Crippen LogP contribution is 2.58. The Balaban J connectivity index is 1.20. The van der Waals surface area contributed by atoms with Gasteiger partial charge in [-0.1, -0.05) is 6.42 Å². The summed E-state index contributed by atoms with van der Waals surface area (Å²) in [5.74, 6) is 4.43. The van der Waals surface area contributed by atoms with E-state index in [1.165, 1.54) is 58.3 Å². The zero-order chi connectivity index (χ0) is 12.7. The molecule has 5 atom stereocenters. The van der Waals surface area contributed by atoms with Crippen molar-refractivity contribution in [1.82, 2.24) is 10.2 Å². The fraction of sp³-hybridized carbons (Fsp3) is 1.00. The molecule has 1 aliphatic heterocycles. The Morgan fingerprint density at radius 3 is 2.63 bits per heavy atom. The number of nitrogens with one attached hydrogen (secondary N) is 1. The number of rotatable bonds is 5. The lowest BCUT2D eigenvalue weighted by molar-refractivity contribution is 0.207. The summed E-state index contributed by atoms with van der Waals surface area (Å²) in [6, 6.07) is 0.892. The first-order valence-electron chi connectivity index (χ1n) is 8.87. The van der Waals surface area contributed by atoms with Gasteiger partial charge in [-0.3, -0.25) is 0 Å². The minimum Gasteiger partial charge on any atom is -0.314 e. The fourth-order valence-electron chi connectivity index (χ4n) is 5.90. The van der Waals surface area contributed by atoms with Gasteiger partial charge in [0, 0.05) is 6.04 Å². The Labute approximate surface area is 118 Å². The van der Waals surface area contributed by atoms with Crippen molar-refractivity contribution in [3.05, 3.63) is 0 Å². The van der Waals surface area contributed by atoms with Crippen LogP contribution in [-0.4, -0.2) is 37.1 Å². The second-order valence-corrected chi connectivity index (χ2v) is 7.62. The topological polar surface area (TPSA) is 15.3 Å². The second kappa shape index (κ2) is 5.37. The lowest BCUT2D eigenvalue weighted by Crippen LogP contribution is -2.40. The molecule has 0 aromatic carbocycles. The molecule has 5 unspecified atom stereocenters. The van der Waals surface area contributed by atoms with Gasteiger partial charge in [0.25, 0.3) is 0 Å². The Morgan fingerprint density at radius 1 is 0.895 bits per heavy atom. The van der Waals surface area contributed by atoms with Crippen molar-refractivity contribution in [2.24, 2.45) is 23.7 Å². The minimum atomic E-state index is 0.892. The number of hydrogen-bond donors (Lipinski definition) is 1. The van der Waals surface area contributed by atoms with Crippen LogP contribution in [0.3, 0.4) is 0 Å². The van der Waals surface area contributed by atoms with Crippen LogP contribution in [0.1, 0.15) is 51.4 Å². The standard InChI is InChI=1S/C17H30N2/c1-2-9-19(8-1)10-4-7-18-17-12-13-11-16(17)15-6-3-5-14(13)15/h13-18H,1-12H2. The van der Waals surface area contributed by atoms with E-state index >= 15 is 0 Å². The molecule has 19 heavy (non-hydrogen) atoms. The monoisotopic (exact) mass is 262 g/mol. The van der Waals surface area contributed by atoms with E-state index in [0.29, 0.717) is 0 Å². The quantitative estimate of drug-likeness (QED) is 0.767. The van der Waals surface area contributed by atoms with Gasteiger partial charge in [-0.2, -0.15) is 0 Å². The summed E-state index contributed by atoms with van der Waals surface area (Å²) in [7, 11) is 0. The highest BCUT2D eigenvalue weighted by molar-refractivity contribution is 5.05.